The zero-order chi connectivity index (χ0) is 40.5. The van der Waals surface area contributed by atoms with Gasteiger partial charge in [-0.1, -0.05) is 48.5 Å². The molecule has 0 N–H and O–H groups in total. The standard InChI is InChI=1S/C54H40N2O4/c1-33-9-5-7-11-49(33)55(39-17-21-43(57-3)22-18-39)41-15-13-35-27-45-47-31-48-46-28-36-14-16-42(56(50-12-8-6-10-34(50)2)40-19-23-44(58-4)24-20-40)26-38(36)30-52(46)60-54(48)32-53(47)59-51(45)29-37(35)25-41/h5-32H,1-4H3. The van der Waals surface area contributed by atoms with Crippen LogP contribution in [-0.2, 0) is 0 Å². The summed E-state index contributed by atoms with van der Waals surface area (Å²) in [6, 6.07) is 59.7. The summed E-state index contributed by atoms with van der Waals surface area (Å²) in [7, 11) is 3.39. The van der Waals surface area contributed by atoms with Crippen LogP contribution >= 0.6 is 0 Å². The first-order valence-corrected chi connectivity index (χ1v) is 20.1. The molecule has 60 heavy (non-hydrogen) atoms. The zero-order valence-corrected chi connectivity index (χ0v) is 33.7. The molecule has 0 spiro atoms. The summed E-state index contributed by atoms with van der Waals surface area (Å²) in [5.74, 6) is 1.65. The van der Waals surface area contributed by atoms with Gasteiger partial charge in [0.1, 0.15) is 33.8 Å². The number of furan rings is 2. The molecule has 0 bridgehead atoms. The van der Waals surface area contributed by atoms with Gasteiger partial charge < -0.3 is 28.1 Å². The molecular weight excluding hydrogens is 741 g/mol. The van der Waals surface area contributed by atoms with E-state index in [2.05, 4.69) is 163 Å². The number of fused-ring (bicyclic) bond motifs is 8. The van der Waals surface area contributed by atoms with E-state index in [0.717, 1.165) is 111 Å². The smallest absolute Gasteiger partial charge is 0.139 e. The normalized spacial score (nSPS) is 11.7. The predicted molar refractivity (Wildman–Crippen MR) is 248 cm³/mol. The Bertz CT molecular complexity index is 3210. The first-order chi connectivity index (χ1) is 29.4. The van der Waals surface area contributed by atoms with Crippen molar-refractivity contribution in [1.29, 1.82) is 0 Å². The largest absolute Gasteiger partial charge is 0.497 e. The van der Waals surface area contributed by atoms with E-state index >= 15 is 0 Å². The minimum atomic E-state index is 0.798. The van der Waals surface area contributed by atoms with Gasteiger partial charge >= 0.3 is 0 Å². The number of para-hydroxylation sites is 2. The van der Waals surface area contributed by atoms with E-state index in [1.807, 2.05) is 30.3 Å². The van der Waals surface area contributed by atoms with Gasteiger partial charge in [-0.25, -0.2) is 0 Å². The van der Waals surface area contributed by atoms with Crippen LogP contribution in [0.5, 0.6) is 11.5 Å². The maximum absolute atomic E-state index is 6.61. The van der Waals surface area contributed by atoms with Gasteiger partial charge in [0.15, 0.2) is 0 Å². The first-order valence-electron chi connectivity index (χ1n) is 20.1. The molecule has 6 nitrogen and oxygen atoms in total. The van der Waals surface area contributed by atoms with Crippen molar-refractivity contribution in [3.8, 4) is 11.5 Å². The van der Waals surface area contributed by atoms with Crippen LogP contribution in [0.1, 0.15) is 11.1 Å². The van der Waals surface area contributed by atoms with Crippen molar-refractivity contribution in [1.82, 2.24) is 0 Å². The molecular formula is C54H40N2O4. The van der Waals surface area contributed by atoms with Crippen molar-refractivity contribution < 1.29 is 18.3 Å². The Morgan fingerprint density at radius 1 is 0.350 bits per heavy atom. The monoisotopic (exact) mass is 780 g/mol. The number of anilines is 6. The second-order valence-corrected chi connectivity index (χ2v) is 15.4. The van der Waals surface area contributed by atoms with E-state index in [1.54, 1.807) is 14.2 Å². The molecule has 0 fully saturated rings. The molecule has 2 aromatic heterocycles. The van der Waals surface area contributed by atoms with Gasteiger partial charge in [-0.3, -0.25) is 0 Å². The fourth-order valence-corrected chi connectivity index (χ4v) is 8.73. The number of ether oxygens (including phenoxy) is 2. The molecule has 2 heterocycles. The summed E-state index contributed by atoms with van der Waals surface area (Å²) in [5.41, 5.74) is 12.1. The third-order valence-electron chi connectivity index (χ3n) is 11.8. The van der Waals surface area contributed by atoms with Crippen LogP contribution in [0.25, 0.3) is 65.4 Å². The van der Waals surface area contributed by atoms with Crippen LogP contribution in [0, 0.1) is 13.8 Å². The van der Waals surface area contributed by atoms with Crippen LogP contribution in [0.2, 0.25) is 0 Å². The quantitative estimate of drug-likeness (QED) is 0.153. The van der Waals surface area contributed by atoms with Crippen LogP contribution in [0.15, 0.2) is 179 Å². The van der Waals surface area contributed by atoms with E-state index in [1.165, 1.54) is 11.1 Å². The second kappa shape index (κ2) is 14.0. The highest BCUT2D eigenvalue weighted by Gasteiger charge is 2.20. The molecule has 11 aromatic rings. The molecule has 0 saturated carbocycles. The van der Waals surface area contributed by atoms with Gasteiger partial charge in [-0.15, -0.1) is 0 Å². The molecule has 0 aliphatic carbocycles. The summed E-state index contributed by atoms with van der Waals surface area (Å²) in [6.45, 7) is 4.29. The fourth-order valence-electron chi connectivity index (χ4n) is 8.73. The third kappa shape index (κ3) is 5.87. The lowest BCUT2D eigenvalue weighted by Crippen LogP contribution is -2.11. The number of benzene rings is 9. The molecule has 0 atom stereocenters. The van der Waals surface area contributed by atoms with Crippen molar-refractivity contribution in [3.63, 3.8) is 0 Å². The number of hydrogen-bond acceptors (Lipinski definition) is 6. The predicted octanol–water partition coefficient (Wildman–Crippen LogP) is 15.4. The highest BCUT2D eigenvalue weighted by Crippen LogP contribution is 2.43. The average Bonchev–Trinajstić information content (AvgIpc) is 3.81. The maximum Gasteiger partial charge on any atom is 0.139 e. The van der Waals surface area contributed by atoms with Gasteiger partial charge in [-0.2, -0.15) is 0 Å². The Morgan fingerprint density at radius 3 is 1.15 bits per heavy atom. The second-order valence-electron chi connectivity index (χ2n) is 15.4. The molecule has 0 saturated heterocycles. The summed E-state index contributed by atoms with van der Waals surface area (Å²) in [6.07, 6.45) is 0. The zero-order valence-electron chi connectivity index (χ0n) is 33.7. The molecule has 290 valence electrons. The Morgan fingerprint density at radius 2 is 0.733 bits per heavy atom. The molecule has 9 aromatic carbocycles. The molecule has 11 rings (SSSR count). The van der Waals surface area contributed by atoms with Crippen LogP contribution < -0.4 is 19.3 Å². The molecule has 0 aliphatic heterocycles. The number of methoxy groups -OCH3 is 2. The third-order valence-corrected chi connectivity index (χ3v) is 11.8. The van der Waals surface area contributed by atoms with E-state index in [-0.39, 0.29) is 0 Å². The highest BCUT2D eigenvalue weighted by atomic mass is 16.5. The Balaban J connectivity index is 0.998. The van der Waals surface area contributed by atoms with Gasteiger partial charge in [0.05, 0.1) is 14.2 Å². The van der Waals surface area contributed by atoms with E-state index in [9.17, 15) is 0 Å². The highest BCUT2D eigenvalue weighted by molar-refractivity contribution is 6.18. The van der Waals surface area contributed by atoms with E-state index < -0.39 is 0 Å². The summed E-state index contributed by atoms with van der Waals surface area (Å²) in [4.78, 5) is 4.59. The van der Waals surface area contributed by atoms with Gasteiger partial charge in [0, 0.05) is 61.7 Å². The average molecular weight is 781 g/mol. The molecule has 6 heteroatoms. The van der Waals surface area contributed by atoms with Crippen molar-refractivity contribution in [2.75, 3.05) is 24.0 Å². The summed E-state index contributed by atoms with van der Waals surface area (Å²) < 4.78 is 24.2. The lowest BCUT2D eigenvalue weighted by molar-refractivity contribution is 0.414. The topological polar surface area (TPSA) is 51.2 Å². The van der Waals surface area contributed by atoms with Crippen LogP contribution in [-0.4, -0.2) is 14.2 Å². The Labute approximate surface area is 347 Å². The maximum atomic E-state index is 6.61. The lowest BCUT2D eigenvalue weighted by Gasteiger charge is -2.27. The van der Waals surface area contributed by atoms with Crippen molar-refractivity contribution in [2.24, 2.45) is 0 Å². The number of rotatable bonds is 8. The van der Waals surface area contributed by atoms with E-state index in [0.29, 0.717) is 0 Å². The summed E-state index contributed by atoms with van der Waals surface area (Å²) >= 11 is 0. The van der Waals surface area contributed by atoms with E-state index in [4.69, 9.17) is 18.3 Å². The first kappa shape index (κ1) is 35.5. The van der Waals surface area contributed by atoms with Crippen molar-refractivity contribution in [3.05, 3.63) is 181 Å². The summed E-state index contributed by atoms with van der Waals surface area (Å²) in [5, 5.41) is 8.76. The van der Waals surface area contributed by atoms with Gasteiger partial charge in [0.25, 0.3) is 0 Å². The number of hydrogen-bond donors (Lipinski definition) is 0. The Kier molecular flexibility index (Phi) is 8.27. The van der Waals surface area contributed by atoms with Gasteiger partial charge in [0.2, 0.25) is 0 Å². The number of aryl methyl sites for hydroxylation is 2. The number of nitrogens with zero attached hydrogens (tertiary/aromatic N) is 2. The minimum absolute atomic E-state index is 0.798. The van der Waals surface area contributed by atoms with Crippen LogP contribution in [0.4, 0.5) is 34.1 Å². The Hall–Kier alpha value is -7.70. The molecule has 0 aliphatic rings. The molecule has 0 radical (unpaired) electrons. The minimum Gasteiger partial charge on any atom is -0.497 e. The molecule has 0 unspecified atom stereocenters. The van der Waals surface area contributed by atoms with Crippen LogP contribution in [0.3, 0.4) is 0 Å². The molecule has 0 amide bonds. The van der Waals surface area contributed by atoms with Gasteiger partial charge in [-0.05, 0) is 162 Å². The lowest BCUT2D eigenvalue weighted by atomic mass is 10.0. The fraction of sp³-hybridized carbons (Fsp3) is 0.0741. The van der Waals surface area contributed by atoms with Crippen molar-refractivity contribution in [2.45, 2.75) is 13.8 Å². The SMILES string of the molecule is COc1ccc(N(c2ccc3cc4c(cc3c2)oc2cc3oc5cc6cc(N(c7ccc(OC)cc7)c7ccccc7C)ccc6cc5c3cc24)c2ccccc2C)cc1. The van der Waals surface area contributed by atoms with Crippen molar-refractivity contribution >= 4 is 99.5 Å².